The van der Waals surface area contributed by atoms with Crippen LogP contribution in [0.2, 0.25) is 5.02 Å². The normalized spacial score (nSPS) is 10.6. The highest BCUT2D eigenvalue weighted by molar-refractivity contribution is 9.10. The molecule has 22 heavy (non-hydrogen) atoms. The lowest BCUT2D eigenvalue weighted by molar-refractivity contribution is -0.113. The molecule has 0 aromatic heterocycles. The molecule has 5 heteroatoms. The van der Waals surface area contributed by atoms with Crippen molar-refractivity contribution in [2.45, 2.75) is 25.7 Å². The van der Waals surface area contributed by atoms with E-state index in [1.165, 1.54) is 11.8 Å². The number of aryl methyl sites for hydroxylation is 3. The molecule has 0 aliphatic heterocycles. The number of rotatable bonds is 4. The van der Waals surface area contributed by atoms with E-state index in [2.05, 4.69) is 21.2 Å². The molecule has 2 aromatic rings. The Morgan fingerprint density at radius 2 is 1.91 bits per heavy atom. The summed E-state index contributed by atoms with van der Waals surface area (Å²) in [5.41, 5.74) is 3.91. The van der Waals surface area contributed by atoms with E-state index in [1.54, 1.807) is 0 Å². The first-order valence-corrected chi connectivity index (χ1v) is 8.98. The second kappa shape index (κ2) is 7.53. The number of carbonyl (C=O) groups excluding carboxylic acids is 1. The molecular weight excluding hydrogens is 382 g/mol. The number of thioether (sulfide) groups is 1. The molecule has 0 aliphatic rings. The Bertz CT molecular complexity index is 695. The van der Waals surface area contributed by atoms with E-state index in [0.29, 0.717) is 16.5 Å². The Morgan fingerprint density at radius 3 is 2.59 bits per heavy atom. The molecule has 1 N–H and O–H groups in total. The third kappa shape index (κ3) is 4.51. The van der Waals surface area contributed by atoms with Crippen molar-refractivity contribution < 1.29 is 4.79 Å². The van der Waals surface area contributed by atoms with Gasteiger partial charge in [-0.2, -0.15) is 0 Å². The fraction of sp³-hybridized carbons (Fsp3) is 0.235. The molecule has 0 radical (unpaired) electrons. The van der Waals surface area contributed by atoms with E-state index in [4.69, 9.17) is 11.6 Å². The Kier molecular flexibility index (Phi) is 5.95. The SMILES string of the molecule is Cc1cc(C)c(NC(=O)CSc2cc(Br)ccc2C)c(Cl)c1. The maximum absolute atomic E-state index is 12.2. The first-order valence-electron chi connectivity index (χ1n) is 6.82. The fourth-order valence-electron chi connectivity index (χ4n) is 2.12. The van der Waals surface area contributed by atoms with Crippen LogP contribution in [0.25, 0.3) is 0 Å². The van der Waals surface area contributed by atoms with E-state index >= 15 is 0 Å². The van der Waals surface area contributed by atoms with Crippen LogP contribution in [-0.2, 0) is 4.79 Å². The number of anilines is 1. The molecule has 0 fully saturated rings. The maximum atomic E-state index is 12.2. The molecule has 116 valence electrons. The van der Waals surface area contributed by atoms with Gasteiger partial charge in [-0.3, -0.25) is 4.79 Å². The van der Waals surface area contributed by atoms with Crippen LogP contribution < -0.4 is 5.32 Å². The summed E-state index contributed by atoms with van der Waals surface area (Å²) in [4.78, 5) is 13.3. The first kappa shape index (κ1) is 17.4. The van der Waals surface area contributed by atoms with Crippen LogP contribution in [0.15, 0.2) is 39.7 Å². The Labute approximate surface area is 148 Å². The number of hydrogen-bond acceptors (Lipinski definition) is 2. The zero-order valence-electron chi connectivity index (χ0n) is 12.7. The number of carbonyl (C=O) groups is 1. The number of halogens is 2. The molecule has 0 heterocycles. The minimum absolute atomic E-state index is 0.0572. The standard InChI is InChI=1S/C17H17BrClNOS/c1-10-6-12(3)17(14(19)7-10)20-16(21)9-22-15-8-13(18)5-4-11(15)2/h4-8H,9H2,1-3H3,(H,20,21). The van der Waals surface area contributed by atoms with Crippen LogP contribution in [0.5, 0.6) is 0 Å². The van der Waals surface area contributed by atoms with Gasteiger partial charge in [0.1, 0.15) is 0 Å². The highest BCUT2D eigenvalue weighted by Gasteiger charge is 2.10. The van der Waals surface area contributed by atoms with Gasteiger partial charge in [0.15, 0.2) is 0 Å². The Hall–Kier alpha value is -0.970. The van der Waals surface area contributed by atoms with Gasteiger partial charge in [0.2, 0.25) is 5.91 Å². The fourth-order valence-corrected chi connectivity index (χ4v) is 3.87. The predicted octanol–water partition coefficient (Wildman–Crippen LogP) is 5.76. The lowest BCUT2D eigenvalue weighted by atomic mass is 10.1. The van der Waals surface area contributed by atoms with Gasteiger partial charge in [-0.1, -0.05) is 39.7 Å². The summed E-state index contributed by atoms with van der Waals surface area (Å²) in [5, 5.41) is 3.48. The predicted molar refractivity (Wildman–Crippen MR) is 99.2 cm³/mol. The van der Waals surface area contributed by atoms with Crippen molar-refractivity contribution in [3.05, 3.63) is 56.5 Å². The second-order valence-corrected chi connectivity index (χ2v) is 7.53. The van der Waals surface area contributed by atoms with Gasteiger partial charge in [-0.25, -0.2) is 0 Å². The summed E-state index contributed by atoms with van der Waals surface area (Å²) >= 11 is 11.2. The highest BCUT2D eigenvalue weighted by atomic mass is 79.9. The van der Waals surface area contributed by atoms with Crippen LogP contribution in [0, 0.1) is 20.8 Å². The summed E-state index contributed by atoms with van der Waals surface area (Å²) in [6.07, 6.45) is 0. The molecular formula is C17H17BrClNOS. The van der Waals surface area contributed by atoms with E-state index in [0.717, 1.165) is 26.1 Å². The number of nitrogens with one attached hydrogen (secondary N) is 1. The van der Waals surface area contributed by atoms with Crippen molar-refractivity contribution in [1.29, 1.82) is 0 Å². The van der Waals surface area contributed by atoms with Crippen molar-refractivity contribution in [1.82, 2.24) is 0 Å². The average molecular weight is 399 g/mol. The van der Waals surface area contributed by atoms with Crippen LogP contribution in [0.4, 0.5) is 5.69 Å². The van der Waals surface area contributed by atoms with Gasteiger partial charge in [0.05, 0.1) is 16.5 Å². The summed E-state index contributed by atoms with van der Waals surface area (Å²) in [6, 6.07) is 9.92. The molecule has 1 amide bonds. The molecule has 0 saturated carbocycles. The van der Waals surface area contributed by atoms with E-state index in [-0.39, 0.29) is 5.91 Å². The van der Waals surface area contributed by atoms with Gasteiger partial charge < -0.3 is 5.32 Å². The Morgan fingerprint density at radius 1 is 1.18 bits per heavy atom. The zero-order valence-corrected chi connectivity index (χ0v) is 15.8. The van der Waals surface area contributed by atoms with Crippen LogP contribution in [0.3, 0.4) is 0 Å². The van der Waals surface area contributed by atoms with Crippen molar-refractivity contribution in [2.24, 2.45) is 0 Å². The largest absolute Gasteiger partial charge is 0.324 e. The summed E-state index contributed by atoms with van der Waals surface area (Å²) < 4.78 is 1.01. The number of benzene rings is 2. The molecule has 0 atom stereocenters. The highest BCUT2D eigenvalue weighted by Crippen LogP contribution is 2.29. The molecule has 2 nitrogen and oxygen atoms in total. The smallest absolute Gasteiger partial charge is 0.234 e. The van der Waals surface area contributed by atoms with Gasteiger partial charge in [-0.05, 0) is 55.7 Å². The van der Waals surface area contributed by atoms with Crippen LogP contribution >= 0.6 is 39.3 Å². The second-order valence-electron chi connectivity index (χ2n) is 5.19. The Balaban J connectivity index is 2.03. The van der Waals surface area contributed by atoms with Gasteiger partial charge in [-0.15, -0.1) is 11.8 Å². The maximum Gasteiger partial charge on any atom is 0.234 e. The average Bonchev–Trinajstić information content (AvgIpc) is 2.44. The summed E-state index contributed by atoms with van der Waals surface area (Å²) in [7, 11) is 0. The van der Waals surface area contributed by atoms with Gasteiger partial charge in [0, 0.05) is 9.37 Å². The lowest BCUT2D eigenvalue weighted by Crippen LogP contribution is -2.15. The van der Waals surface area contributed by atoms with E-state index in [9.17, 15) is 4.79 Å². The van der Waals surface area contributed by atoms with Crippen LogP contribution in [-0.4, -0.2) is 11.7 Å². The third-order valence-corrected chi connectivity index (χ3v) is 5.15. The van der Waals surface area contributed by atoms with Crippen molar-refractivity contribution in [2.75, 3.05) is 11.1 Å². The quantitative estimate of drug-likeness (QED) is 0.663. The molecule has 0 saturated heterocycles. The van der Waals surface area contributed by atoms with Gasteiger partial charge >= 0.3 is 0 Å². The molecule has 0 aliphatic carbocycles. The van der Waals surface area contributed by atoms with Gasteiger partial charge in [0.25, 0.3) is 0 Å². The molecule has 2 rings (SSSR count). The minimum atomic E-state index is -0.0572. The molecule has 0 spiro atoms. The topological polar surface area (TPSA) is 29.1 Å². The van der Waals surface area contributed by atoms with Crippen molar-refractivity contribution in [3.63, 3.8) is 0 Å². The first-order chi connectivity index (χ1) is 10.4. The monoisotopic (exact) mass is 397 g/mol. The van der Waals surface area contributed by atoms with Crippen molar-refractivity contribution in [3.8, 4) is 0 Å². The number of amides is 1. The zero-order chi connectivity index (χ0) is 16.3. The number of hydrogen-bond donors (Lipinski definition) is 1. The van der Waals surface area contributed by atoms with Crippen molar-refractivity contribution >= 4 is 50.9 Å². The summed E-state index contributed by atoms with van der Waals surface area (Å²) in [5.74, 6) is 0.291. The third-order valence-electron chi connectivity index (χ3n) is 3.21. The van der Waals surface area contributed by atoms with E-state index in [1.807, 2.05) is 51.1 Å². The molecule has 0 unspecified atom stereocenters. The van der Waals surface area contributed by atoms with E-state index < -0.39 is 0 Å². The summed E-state index contributed by atoms with van der Waals surface area (Å²) in [6.45, 7) is 5.96. The van der Waals surface area contributed by atoms with Crippen LogP contribution in [0.1, 0.15) is 16.7 Å². The molecule has 0 bridgehead atoms. The molecule has 2 aromatic carbocycles. The minimum Gasteiger partial charge on any atom is -0.324 e. The lowest BCUT2D eigenvalue weighted by Gasteiger charge is -2.12.